The van der Waals surface area contributed by atoms with Crippen molar-refractivity contribution in [1.82, 2.24) is 4.90 Å². The quantitative estimate of drug-likeness (QED) is 0.883. The molecule has 100 valence electrons. The van der Waals surface area contributed by atoms with Crippen molar-refractivity contribution in [3.8, 4) is 0 Å². The lowest BCUT2D eigenvalue weighted by atomic mass is 9.97. The molecule has 0 saturated carbocycles. The maximum Gasteiger partial charge on any atom is 0.0518 e. The fourth-order valence-corrected chi connectivity index (χ4v) is 2.85. The highest BCUT2D eigenvalue weighted by Crippen LogP contribution is 2.32. The number of aryl methyl sites for hydroxylation is 1. The van der Waals surface area contributed by atoms with Crippen LogP contribution in [0.4, 0.5) is 5.69 Å². The van der Waals surface area contributed by atoms with E-state index in [0.29, 0.717) is 0 Å². The van der Waals surface area contributed by atoms with E-state index in [1.54, 1.807) is 0 Å². The number of rotatable bonds is 3. The van der Waals surface area contributed by atoms with Crippen LogP contribution in [-0.4, -0.2) is 44.2 Å². The van der Waals surface area contributed by atoms with Gasteiger partial charge in [-0.15, -0.1) is 0 Å². The van der Waals surface area contributed by atoms with Crippen LogP contribution >= 0.6 is 0 Å². The first-order chi connectivity index (χ1) is 8.50. The number of benzene rings is 1. The molecule has 18 heavy (non-hydrogen) atoms. The van der Waals surface area contributed by atoms with Gasteiger partial charge in [0.15, 0.2) is 0 Å². The van der Waals surface area contributed by atoms with E-state index in [9.17, 15) is 0 Å². The van der Waals surface area contributed by atoms with E-state index in [4.69, 9.17) is 5.73 Å². The second-order valence-electron chi connectivity index (χ2n) is 5.71. The van der Waals surface area contributed by atoms with Crippen molar-refractivity contribution in [1.29, 1.82) is 0 Å². The Morgan fingerprint density at radius 1 is 1.33 bits per heavy atom. The van der Waals surface area contributed by atoms with E-state index >= 15 is 0 Å². The third kappa shape index (κ3) is 2.13. The lowest BCUT2D eigenvalue weighted by Crippen LogP contribution is -2.52. The minimum atomic E-state index is 0.135. The van der Waals surface area contributed by atoms with E-state index in [0.717, 1.165) is 26.1 Å². The number of nitrogens with zero attached hydrogens (tertiary/aromatic N) is 2. The summed E-state index contributed by atoms with van der Waals surface area (Å²) in [6, 6.07) is 6.55. The lowest BCUT2D eigenvalue weighted by molar-refractivity contribution is 0.184. The topological polar surface area (TPSA) is 32.5 Å². The molecule has 1 unspecified atom stereocenters. The van der Waals surface area contributed by atoms with Gasteiger partial charge in [-0.3, -0.25) is 0 Å². The van der Waals surface area contributed by atoms with Crippen molar-refractivity contribution in [2.75, 3.05) is 38.6 Å². The Balaban J connectivity index is 2.25. The summed E-state index contributed by atoms with van der Waals surface area (Å²) in [5.74, 6) is 0. The average molecular weight is 247 g/mol. The zero-order valence-corrected chi connectivity index (χ0v) is 12.0. The summed E-state index contributed by atoms with van der Waals surface area (Å²) in [6.45, 7) is 7.24. The highest BCUT2D eigenvalue weighted by atomic mass is 15.3. The first-order valence-electron chi connectivity index (χ1n) is 6.69. The predicted octanol–water partition coefficient (Wildman–Crippen LogP) is 1.77. The minimum Gasteiger partial charge on any atom is -0.369 e. The summed E-state index contributed by atoms with van der Waals surface area (Å²) in [5, 5.41) is 0. The summed E-state index contributed by atoms with van der Waals surface area (Å²) in [4.78, 5) is 4.77. The smallest absolute Gasteiger partial charge is 0.0518 e. The van der Waals surface area contributed by atoms with Gasteiger partial charge in [-0.05, 0) is 51.6 Å². The van der Waals surface area contributed by atoms with E-state index in [1.165, 1.54) is 16.8 Å². The molecule has 1 aromatic rings. The van der Waals surface area contributed by atoms with Crippen LogP contribution in [0.2, 0.25) is 0 Å². The summed E-state index contributed by atoms with van der Waals surface area (Å²) in [7, 11) is 4.28. The molecule has 0 spiro atoms. The number of likely N-dealkylation sites (N-methyl/N-ethyl adjacent to an activating group) is 1. The summed E-state index contributed by atoms with van der Waals surface area (Å²) in [5.41, 5.74) is 10.3. The summed E-state index contributed by atoms with van der Waals surface area (Å²) in [6.07, 6.45) is 1.14. The summed E-state index contributed by atoms with van der Waals surface area (Å²) >= 11 is 0. The molecule has 1 atom stereocenters. The van der Waals surface area contributed by atoms with Crippen molar-refractivity contribution < 1.29 is 0 Å². The van der Waals surface area contributed by atoms with Crippen LogP contribution in [0.5, 0.6) is 0 Å². The Hall–Kier alpha value is -1.06. The molecule has 3 heteroatoms. The Labute approximate surface area is 111 Å². The Bertz CT molecular complexity index is 428. The normalized spacial score (nSPS) is 24.0. The first-order valence-corrected chi connectivity index (χ1v) is 6.69. The van der Waals surface area contributed by atoms with Crippen LogP contribution in [-0.2, 0) is 0 Å². The van der Waals surface area contributed by atoms with Gasteiger partial charge in [0, 0.05) is 25.3 Å². The van der Waals surface area contributed by atoms with Crippen molar-refractivity contribution >= 4 is 5.69 Å². The first kappa shape index (κ1) is 13.4. The molecule has 0 aliphatic carbocycles. The molecule has 1 heterocycles. The van der Waals surface area contributed by atoms with Gasteiger partial charge in [-0.2, -0.15) is 0 Å². The molecule has 3 nitrogen and oxygen atoms in total. The molecule has 1 saturated heterocycles. The van der Waals surface area contributed by atoms with E-state index in [1.807, 2.05) is 0 Å². The average Bonchev–Trinajstić information content (AvgIpc) is 2.78. The van der Waals surface area contributed by atoms with Crippen molar-refractivity contribution in [3.05, 3.63) is 29.3 Å². The van der Waals surface area contributed by atoms with E-state index in [2.05, 4.69) is 55.9 Å². The molecule has 0 aromatic heterocycles. The highest BCUT2D eigenvalue weighted by molar-refractivity contribution is 5.57. The van der Waals surface area contributed by atoms with Crippen LogP contribution in [0.3, 0.4) is 0 Å². The SMILES string of the molecule is Cc1cccc(N2CCC(CN)(N(C)C)C2)c1C. The van der Waals surface area contributed by atoms with Gasteiger partial charge in [0.1, 0.15) is 0 Å². The predicted molar refractivity (Wildman–Crippen MR) is 78.2 cm³/mol. The standard InChI is InChI=1S/C15H25N3/c1-12-6-5-7-14(13(12)2)18-9-8-15(10-16,11-18)17(3)4/h5-7H,8-11,16H2,1-4H3. The monoisotopic (exact) mass is 247 g/mol. The van der Waals surface area contributed by atoms with Crippen LogP contribution in [0.25, 0.3) is 0 Å². The second kappa shape index (κ2) is 4.90. The Morgan fingerprint density at radius 2 is 2.06 bits per heavy atom. The molecule has 1 aliphatic heterocycles. The van der Waals surface area contributed by atoms with Gasteiger partial charge >= 0.3 is 0 Å². The van der Waals surface area contributed by atoms with Crippen molar-refractivity contribution in [2.45, 2.75) is 25.8 Å². The maximum absolute atomic E-state index is 6.01. The molecule has 1 aromatic carbocycles. The van der Waals surface area contributed by atoms with Crippen molar-refractivity contribution in [2.24, 2.45) is 5.73 Å². The maximum atomic E-state index is 6.01. The Kier molecular flexibility index (Phi) is 3.64. The molecular weight excluding hydrogens is 222 g/mol. The van der Waals surface area contributed by atoms with Crippen LogP contribution in [0, 0.1) is 13.8 Å². The zero-order chi connectivity index (χ0) is 13.3. The number of hydrogen-bond donors (Lipinski definition) is 1. The lowest BCUT2D eigenvalue weighted by Gasteiger charge is -2.35. The molecule has 2 rings (SSSR count). The third-order valence-corrected chi connectivity index (χ3v) is 4.58. The van der Waals surface area contributed by atoms with Gasteiger partial charge < -0.3 is 15.5 Å². The molecule has 1 fully saturated rings. The number of nitrogens with two attached hydrogens (primary N) is 1. The summed E-state index contributed by atoms with van der Waals surface area (Å²) < 4.78 is 0. The number of anilines is 1. The fourth-order valence-electron chi connectivity index (χ4n) is 2.85. The van der Waals surface area contributed by atoms with Crippen LogP contribution in [0.1, 0.15) is 17.5 Å². The van der Waals surface area contributed by atoms with Gasteiger partial charge in [0.2, 0.25) is 0 Å². The van der Waals surface area contributed by atoms with Crippen LogP contribution in [0.15, 0.2) is 18.2 Å². The molecule has 0 amide bonds. The van der Waals surface area contributed by atoms with Gasteiger partial charge in [-0.1, -0.05) is 12.1 Å². The minimum absolute atomic E-state index is 0.135. The fraction of sp³-hybridized carbons (Fsp3) is 0.600. The molecular formula is C15H25N3. The molecule has 1 aliphatic rings. The van der Waals surface area contributed by atoms with E-state index < -0.39 is 0 Å². The second-order valence-corrected chi connectivity index (χ2v) is 5.71. The Morgan fingerprint density at radius 3 is 2.61 bits per heavy atom. The highest BCUT2D eigenvalue weighted by Gasteiger charge is 2.39. The van der Waals surface area contributed by atoms with E-state index in [-0.39, 0.29) is 5.54 Å². The zero-order valence-electron chi connectivity index (χ0n) is 12.0. The van der Waals surface area contributed by atoms with Gasteiger partial charge in [-0.25, -0.2) is 0 Å². The molecule has 2 N–H and O–H groups in total. The molecule has 0 bridgehead atoms. The largest absolute Gasteiger partial charge is 0.369 e. The van der Waals surface area contributed by atoms with Gasteiger partial charge in [0.05, 0.1) is 5.54 Å². The molecule has 0 radical (unpaired) electrons. The van der Waals surface area contributed by atoms with Crippen molar-refractivity contribution in [3.63, 3.8) is 0 Å². The third-order valence-electron chi connectivity index (χ3n) is 4.58. The van der Waals surface area contributed by atoms with Gasteiger partial charge in [0.25, 0.3) is 0 Å². The van der Waals surface area contributed by atoms with Crippen LogP contribution < -0.4 is 10.6 Å². The number of hydrogen-bond acceptors (Lipinski definition) is 3.